The fraction of sp³-hybridized carbons (Fsp3) is 0.700. The zero-order valence-electron chi connectivity index (χ0n) is 6.55. The predicted molar refractivity (Wildman–Crippen MR) is 42.0 cm³/mol. The minimum atomic E-state index is 0.409. The van der Waals surface area contributed by atoms with E-state index in [1.807, 2.05) is 0 Å². The van der Waals surface area contributed by atoms with Crippen LogP contribution in [0.3, 0.4) is 0 Å². The van der Waals surface area contributed by atoms with Crippen molar-refractivity contribution in [3.63, 3.8) is 0 Å². The van der Waals surface area contributed by atoms with Crippen LogP contribution in [-0.2, 0) is 4.79 Å². The molecule has 1 nitrogen and oxygen atoms in total. The molecule has 4 atom stereocenters. The van der Waals surface area contributed by atoms with Gasteiger partial charge < -0.3 is 0 Å². The van der Waals surface area contributed by atoms with Crippen molar-refractivity contribution in [1.29, 1.82) is 0 Å². The monoisotopic (exact) mass is 148 g/mol. The average molecular weight is 148 g/mol. The van der Waals surface area contributed by atoms with Gasteiger partial charge in [0.15, 0.2) is 0 Å². The van der Waals surface area contributed by atoms with E-state index in [1.54, 1.807) is 0 Å². The highest BCUT2D eigenvalue weighted by atomic mass is 16.1. The molecule has 2 bridgehead atoms. The zero-order chi connectivity index (χ0) is 7.59. The van der Waals surface area contributed by atoms with Gasteiger partial charge in [-0.25, -0.2) is 0 Å². The zero-order valence-corrected chi connectivity index (χ0v) is 6.55. The van der Waals surface area contributed by atoms with Gasteiger partial charge in [0.1, 0.15) is 5.78 Å². The molecule has 0 amide bonds. The second-order valence-electron chi connectivity index (χ2n) is 4.23. The quantitative estimate of drug-likeness (QED) is 0.479. The number of allylic oxidation sites excluding steroid dienone is 1. The summed E-state index contributed by atoms with van der Waals surface area (Å²) < 4.78 is 0. The molecule has 11 heavy (non-hydrogen) atoms. The lowest BCUT2D eigenvalue weighted by molar-refractivity contribution is -0.139. The number of rotatable bonds is 0. The lowest BCUT2D eigenvalue weighted by Crippen LogP contribution is -2.45. The smallest absolute Gasteiger partial charge is 0.140 e. The summed E-state index contributed by atoms with van der Waals surface area (Å²) in [5.74, 6) is 2.72. The largest absolute Gasteiger partial charge is 0.299 e. The fourth-order valence-corrected chi connectivity index (χ4v) is 3.31. The summed E-state index contributed by atoms with van der Waals surface area (Å²) in [4.78, 5) is 11.4. The normalized spacial score (nSPS) is 52.7. The van der Waals surface area contributed by atoms with Crippen LogP contribution in [0.4, 0.5) is 0 Å². The molecule has 3 fully saturated rings. The Bertz CT molecular complexity index is 246. The van der Waals surface area contributed by atoms with E-state index in [4.69, 9.17) is 0 Å². The van der Waals surface area contributed by atoms with E-state index in [-0.39, 0.29) is 0 Å². The molecule has 0 N–H and O–H groups in total. The number of Topliss-reactive ketones (excluding diaryl/α,β-unsaturated/α-hetero) is 1. The standard InChI is InChI=1S/C10H12O/c1-5-6-2-3-7-9(5)8(4-6)10(7)11/h6-9H,1-4H2/t6-,7-,8+,9+/m1/s1. The summed E-state index contributed by atoms with van der Waals surface area (Å²) >= 11 is 0. The summed E-state index contributed by atoms with van der Waals surface area (Å²) in [7, 11) is 0. The molecule has 0 aromatic carbocycles. The molecule has 0 aromatic rings. The Morgan fingerprint density at radius 1 is 1.27 bits per heavy atom. The van der Waals surface area contributed by atoms with E-state index >= 15 is 0 Å². The highest BCUT2D eigenvalue weighted by Crippen LogP contribution is 2.60. The van der Waals surface area contributed by atoms with Gasteiger partial charge in [-0.3, -0.25) is 4.79 Å². The number of hydrogen-bond donors (Lipinski definition) is 0. The Morgan fingerprint density at radius 3 is 2.91 bits per heavy atom. The van der Waals surface area contributed by atoms with Crippen molar-refractivity contribution in [2.45, 2.75) is 19.3 Å². The lowest BCUT2D eigenvalue weighted by Gasteiger charge is -2.40. The van der Waals surface area contributed by atoms with Crippen LogP contribution in [0.5, 0.6) is 0 Å². The van der Waals surface area contributed by atoms with Crippen molar-refractivity contribution in [2.75, 3.05) is 0 Å². The van der Waals surface area contributed by atoms with E-state index in [9.17, 15) is 4.79 Å². The number of carbonyl (C=O) groups excluding carboxylic acids is 1. The Hall–Kier alpha value is -0.590. The second-order valence-corrected chi connectivity index (χ2v) is 4.23. The molecule has 0 spiro atoms. The summed E-state index contributed by atoms with van der Waals surface area (Å²) in [5.41, 5.74) is 1.41. The van der Waals surface area contributed by atoms with E-state index in [0.29, 0.717) is 29.5 Å². The van der Waals surface area contributed by atoms with E-state index in [1.165, 1.54) is 12.0 Å². The van der Waals surface area contributed by atoms with Crippen LogP contribution < -0.4 is 0 Å². The molecule has 58 valence electrons. The Kier molecular flexibility index (Phi) is 0.869. The molecule has 3 saturated carbocycles. The molecule has 3 aliphatic carbocycles. The number of carbonyl (C=O) groups is 1. The first-order chi connectivity index (χ1) is 5.29. The van der Waals surface area contributed by atoms with Crippen molar-refractivity contribution < 1.29 is 4.79 Å². The number of ketones is 1. The molecular weight excluding hydrogens is 136 g/mol. The molecule has 0 radical (unpaired) electrons. The van der Waals surface area contributed by atoms with E-state index < -0.39 is 0 Å². The van der Waals surface area contributed by atoms with Crippen molar-refractivity contribution in [3.05, 3.63) is 12.2 Å². The molecule has 1 heteroatoms. The van der Waals surface area contributed by atoms with E-state index in [2.05, 4.69) is 6.58 Å². The molecular formula is C10H12O. The molecule has 0 aliphatic heterocycles. The van der Waals surface area contributed by atoms with Gasteiger partial charge in [0.2, 0.25) is 0 Å². The van der Waals surface area contributed by atoms with Crippen LogP contribution in [0, 0.1) is 23.7 Å². The van der Waals surface area contributed by atoms with Crippen LogP contribution in [0.25, 0.3) is 0 Å². The van der Waals surface area contributed by atoms with Gasteiger partial charge in [-0.05, 0) is 31.1 Å². The number of hydrogen-bond acceptors (Lipinski definition) is 1. The molecule has 0 aromatic heterocycles. The topological polar surface area (TPSA) is 17.1 Å². The van der Waals surface area contributed by atoms with Gasteiger partial charge >= 0.3 is 0 Å². The van der Waals surface area contributed by atoms with Crippen LogP contribution in [0.1, 0.15) is 19.3 Å². The minimum Gasteiger partial charge on any atom is -0.299 e. The van der Waals surface area contributed by atoms with Crippen molar-refractivity contribution >= 4 is 5.78 Å². The third-order valence-electron chi connectivity index (χ3n) is 3.92. The first-order valence-corrected chi connectivity index (χ1v) is 4.51. The van der Waals surface area contributed by atoms with Crippen LogP contribution in [0.2, 0.25) is 0 Å². The van der Waals surface area contributed by atoms with Gasteiger partial charge in [-0.15, -0.1) is 0 Å². The van der Waals surface area contributed by atoms with Gasteiger partial charge in [-0.2, -0.15) is 0 Å². The van der Waals surface area contributed by atoms with E-state index in [0.717, 1.165) is 12.8 Å². The SMILES string of the molecule is C=C1[C@@H]2CC[C@H]3C(=O)[C@@H](C2)[C@@H]13. The molecule has 0 saturated heterocycles. The van der Waals surface area contributed by atoms with Crippen molar-refractivity contribution in [2.24, 2.45) is 23.7 Å². The highest BCUT2D eigenvalue weighted by molar-refractivity contribution is 5.92. The van der Waals surface area contributed by atoms with Crippen LogP contribution in [-0.4, -0.2) is 5.78 Å². The van der Waals surface area contributed by atoms with Crippen molar-refractivity contribution in [1.82, 2.24) is 0 Å². The summed E-state index contributed by atoms with van der Waals surface area (Å²) in [6, 6.07) is 0. The predicted octanol–water partition coefficient (Wildman–Crippen LogP) is 1.79. The minimum absolute atomic E-state index is 0.409. The molecule has 3 rings (SSSR count). The molecule has 0 unspecified atom stereocenters. The summed E-state index contributed by atoms with van der Waals surface area (Å²) in [5, 5.41) is 0. The third kappa shape index (κ3) is 0.492. The summed E-state index contributed by atoms with van der Waals surface area (Å²) in [6.45, 7) is 4.10. The third-order valence-corrected chi connectivity index (χ3v) is 3.92. The Morgan fingerprint density at radius 2 is 2.09 bits per heavy atom. The Labute approximate surface area is 66.5 Å². The maximum absolute atomic E-state index is 11.4. The first kappa shape index (κ1) is 5.99. The maximum atomic E-state index is 11.4. The maximum Gasteiger partial charge on any atom is 0.140 e. The van der Waals surface area contributed by atoms with Crippen LogP contribution >= 0.6 is 0 Å². The molecule has 3 aliphatic rings. The van der Waals surface area contributed by atoms with Gasteiger partial charge in [0.05, 0.1) is 0 Å². The fourth-order valence-electron chi connectivity index (χ4n) is 3.31. The second kappa shape index (κ2) is 1.60. The Balaban J connectivity index is 2.07. The first-order valence-electron chi connectivity index (χ1n) is 4.51. The number of fused-ring (bicyclic) bond motifs is 1. The molecule has 0 heterocycles. The van der Waals surface area contributed by atoms with Gasteiger partial charge in [0, 0.05) is 11.8 Å². The van der Waals surface area contributed by atoms with Crippen molar-refractivity contribution in [3.8, 4) is 0 Å². The average Bonchev–Trinajstić information content (AvgIpc) is 2.25. The van der Waals surface area contributed by atoms with Crippen LogP contribution in [0.15, 0.2) is 12.2 Å². The lowest BCUT2D eigenvalue weighted by atomic mass is 9.61. The highest BCUT2D eigenvalue weighted by Gasteiger charge is 2.58. The van der Waals surface area contributed by atoms with Gasteiger partial charge in [-0.1, -0.05) is 12.2 Å². The summed E-state index contributed by atoms with van der Waals surface area (Å²) in [6.07, 6.45) is 3.53. The van der Waals surface area contributed by atoms with Gasteiger partial charge in [0.25, 0.3) is 0 Å².